The fourth-order valence-corrected chi connectivity index (χ4v) is 3.69. The van der Waals surface area contributed by atoms with Crippen LogP contribution in [0.5, 0.6) is 11.5 Å². The van der Waals surface area contributed by atoms with E-state index in [9.17, 15) is 4.79 Å². The van der Waals surface area contributed by atoms with Crippen LogP contribution in [0.15, 0.2) is 83.7 Å². The molecule has 0 N–H and O–H groups in total. The maximum Gasteiger partial charge on any atom is 0.262 e. The second-order valence-electron chi connectivity index (χ2n) is 7.40. The van der Waals surface area contributed by atoms with Gasteiger partial charge in [-0.15, -0.1) is 10.2 Å². The van der Waals surface area contributed by atoms with Crippen LogP contribution in [0.1, 0.15) is 5.82 Å². The maximum absolute atomic E-state index is 12.6. The molecule has 3 aromatic carbocycles. The van der Waals surface area contributed by atoms with Gasteiger partial charge in [0.15, 0.2) is 5.82 Å². The molecule has 7 nitrogen and oxygen atoms in total. The second kappa shape index (κ2) is 7.60. The van der Waals surface area contributed by atoms with E-state index in [4.69, 9.17) is 4.74 Å². The minimum atomic E-state index is -0.0793. The first-order chi connectivity index (χ1) is 15.1. The van der Waals surface area contributed by atoms with Crippen molar-refractivity contribution in [2.24, 2.45) is 7.05 Å². The molecule has 31 heavy (non-hydrogen) atoms. The summed E-state index contributed by atoms with van der Waals surface area (Å²) in [6.45, 7) is 0.530. The molecule has 0 saturated carbocycles. The highest BCUT2D eigenvalue weighted by Crippen LogP contribution is 2.25. The van der Waals surface area contributed by atoms with Crippen LogP contribution < -0.4 is 15.2 Å². The largest absolute Gasteiger partial charge is 0.457 e. The van der Waals surface area contributed by atoms with E-state index < -0.39 is 0 Å². The molecule has 0 aliphatic heterocycles. The van der Waals surface area contributed by atoms with Crippen molar-refractivity contribution < 1.29 is 4.74 Å². The Morgan fingerprint density at radius 1 is 0.871 bits per heavy atom. The predicted octanol–water partition coefficient (Wildman–Crippen LogP) is 4.01. The highest BCUT2D eigenvalue weighted by molar-refractivity contribution is 5.80. The highest BCUT2D eigenvalue weighted by atomic mass is 16.5. The van der Waals surface area contributed by atoms with Crippen LogP contribution in [-0.4, -0.2) is 26.2 Å². The molecule has 0 bridgehead atoms. The van der Waals surface area contributed by atoms with E-state index in [0.29, 0.717) is 17.7 Å². The van der Waals surface area contributed by atoms with Gasteiger partial charge in [0.2, 0.25) is 5.78 Å². The van der Waals surface area contributed by atoms with Crippen LogP contribution in [0.2, 0.25) is 0 Å². The fourth-order valence-electron chi connectivity index (χ4n) is 3.69. The summed E-state index contributed by atoms with van der Waals surface area (Å²) in [5, 5.41) is 9.28. The van der Waals surface area contributed by atoms with Crippen molar-refractivity contribution in [3.05, 3.63) is 95.0 Å². The van der Waals surface area contributed by atoms with E-state index in [1.807, 2.05) is 90.3 Å². The van der Waals surface area contributed by atoms with E-state index in [-0.39, 0.29) is 5.56 Å². The molecule has 0 spiro atoms. The first-order valence-corrected chi connectivity index (χ1v) is 9.97. The quantitative estimate of drug-likeness (QED) is 0.437. The first-order valence-electron chi connectivity index (χ1n) is 9.97. The summed E-state index contributed by atoms with van der Waals surface area (Å²) in [6, 6.07) is 25.1. The Morgan fingerprint density at radius 2 is 1.55 bits per heavy atom. The van der Waals surface area contributed by atoms with Gasteiger partial charge in [-0.1, -0.05) is 30.3 Å². The minimum absolute atomic E-state index is 0.0793. The standard InChI is InChI=1S/C24H21N5O2/c1-27(17-12-14-19(15-13-17)31-18-8-4-3-5-9-18)16-22-25-26-24-28(2)23(30)20-10-6-7-11-21(20)29(22)24/h3-15H,16H2,1-2H3. The number of hydrogen-bond acceptors (Lipinski definition) is 5. The van der Waals surface area contributed by atoms with Crippen molar-refractivity contribution in [2.75, 3.05) is 11.9 Å². The number of rotatable bonds is 5. The van der Waals surface area contributed by atoms with Gasteiger partial charge in [-0.25, -0.2) is 0 Å². The molecule has 0 radical (unpaired) electrons. The zero-order valence-corrected chi connectivity index (χ0v) is 17.3. The van der Waals surface area contributed by atoms with Crippen molar-refractivity contribution in [2.45, 2.75) is 6.54 Å². The Bertz CT molecular complexity index is 1420. The molecule has 0 amide bonds. The summed E-state index contributed by atoms with van der Waals surface area (Å²) >= 11 is 0. The summed E-state index contributed by atoms with van der Waals surface area (Å²) in [5.74, 6) is 2.86. The van der Waals surface area contributed by atoms with Gasteiger partial charge in [0.25, 0.3) is 5.56 Å². The number of nitrogens with zero attached hydrogens (tertiary/aromatic N) is 5. The molecular formula is C24H21N5O2. The monoisotopic (exact) mass is 411 g/mol. The molecule has 0 aliphatic carbocycles. The van der Waals surface area contributed by atoms with E-state index in [1.165, 1.54) is 4.57 Å². The van der Waals surface area contributed by atoms with Crippen molar-refractivity contribution in [3.63, 3.8) is 0 Å². The third-order valence-electron chi connectivity index (χ3n) is 5.33. The van der Waals surface area contributed by atoms with Crippen LogP contribution >= 0.6 is 0 Å². The molecule has 0 saturated heterocycles. The lowest BCUT2D eigenvalue weighted by Gasteiger charge is -2.19. The molecule has 154 valence electrons. The first kappa shape index (κ1) is 18.9. The lowest BCUT2D eigenvalue weighted by molar-refractivity contribution is 0.482. The number of hydrogen-bond donors (Lipinski definition) is 0. The lowest BCUT2D eigenvalue weighted by atomic mass is 10.2. The van der Waals surface area contributed by atoms with Gasteiger partial charge in [-0.2, -0.15) is 0 Å². The summed E-state index contributed by atoms with van der Waals surface area (Å²) in [6.07, 6.45) is 0. The van der Waals surface area contributed by atoms with Crippen LogP contribution in [0.4, 0.5) is 5.69 Å². The number of aryl methyl sites for hydroxylation is 1. The average molecular weight is 411 g/mol. The fraction of sp³-hybridized carbons (Fsp3) is 0.125. The van der Waals surface area contributed by atoms with Gasteiger partial charge in [-0.3, -0.25) is 13.8 Å². The molecule has 0 atom stereocenters. The van der Waals surface area contributed by atoms with Gasteiger partial charge >= 0.3 is 0 Å². The Balaban J connectivity index is 1.44. The number of anilines is 1. The SMILES string of the molecule is CN(Cc1nnc2n(C)c(=O)c3ccccc3n12)c1ccc(Oc2ccccc2)cc1. The normalized spacial score (nSPS) is 11.2. The van der Waals surface area contributed by atoms with Gasteiger partial charge in [0, 0.05) is 19.8 Å². The molecular weight excluding hydrogens is 390 g/mol. The van der Waals surface area contributed by atoms with E-state index in [2.05, 4.69) is 15.1 Å². The summed E-state index contributed by atoms with van der Waals surface area (Å²) in [5.41, 5.74) is 1.75. The number of aromatic nitrogens is 4. The number of ether oxygens (including phenoxy) is 1. The zero-order valence-electron chi connectivity index (χ0n) is 17.3. The van der Waals surface area contributed by atoms with Gasteiger partial charge in [0.1, 0.15) is 11.5 Å². The number of fused-ring (bicyclic) bond motifs is 3. The molecule has 0 fully saturated rings. The summed E-state index contributed by atoms with van der Waals surface area (Å²) in [7, 11) is 3.72. The summed E-state index contributed by atoms with van der Waals surface area (Å²) in [4.78, 5) is 14.7. The average Bonchev–Trinajstić information content (AvgIpc) is 3.22. The van der Waals surface area contributed by atoms with Gasteiger partial charge < -0.3 is 9.64 Å². The number of para-hydroxylation sites is 2. The van der Waals surface area contributed by atoms with Crippen molar-refractivity contribution in [1.29, 1.82) is 0 Å². The Kier molecular flexibility index (Phi) is 4.63. The smallest absolute Gasteiger partial charge is 0.262 e. The van der Waals surface area contributed by atoms with E-state index in [0.717, 1.165) is 28.5 Å². The van der Waals surface area contributed by atoms with Crippen molar-refractivity contribution in [3.8, 4) is 11.5 Å². The highest BCUT2D eigenvalue weighted by Gasteiger charge is 2.16. The molecule has 0 unspecified atom stereocenters. The topological polar surface area (TPSA) is 64.7 Å². The minimum Gasteiger partial charge on any atom is -0.457 e. The second-order valence-corrected chi connectivity index (χ2v) is 7.40. The van der Waals surface area contributed by atoms with E-state index in [1.54, 1.807) is 7.05 Å². The van der Waals surface area contributed by atoms with Crippen molar-refractivity contribution >= 4 is 22.4 Å². The van der Waals surface area contributed by atoms with Crippen LogP contribution in [0, 0.1) is 0 Å². The predicted molar refractivity (Wildman–Crippen MR) is 121 cm³/mol. The number of benzene rings is 3. The Hall–Kier alpha value is -4.13. The molecule has 2 heterocycles. The zero-order chi connectivity index (χ0) is 21.4. The molecule has 2 aromatic heterocycles. The third kappa shape index (κ3) is 3.40. The summed E-state index contributed by atoms with van der Waals surface area (Å²) < 4.78 is 9.35. The van der Waals surface area contributed by atoms with E-state index >= 15 is 0 Å². The molecule has 7 heteroatoms. The van der Waals surface area contributed by atoms with Crippen LogP contribution in [0.25, 0.3) is 16.7 Å². The van der Waals surface area contributed by atoms with Gasteiger partial charge in [-0.05, 0) is 48.5 Å². The molecule has 5 rings (SSSR count). The third-order valence-corrected chi connectivity index (χ3v) is 5.33. The molecule has 0 aliphatic rings. The van der Waals surface area contributed by atoms with Gasteiger partial charge in [0.05, 0.1) is 17.4 Å². The van der Waals surface area contributed by atoms with Crippen LogP contribution in [0.3, 0.4) is 0 Å². The Morgan fingerprint density at radius 3 is 2.32 bits per heavy atom. The van der Waals surface area contributed by atoms with Crippen LogP contribution in [-0.2, 0) is 13.6 Å². The Labute approximate surface area is 178 Å². The van der Waals surface area contributed by atoms with Crippen molar-refractivity contribution in [1.82, 2.24) is 19.2 Å². The molecule has 5 aromatic rings. The maximum atomic E-state index is 12.6. The lowest BCUT2D eigenvalue weighted by Crippen LogP contribution is -2.22.